The smallest absolute Gasteiger partial charge is 0.192 e. The minimum Gasteiger partial charge on any atom is -0.493 e. The number of hydrogen-bond donors (Lipinski definition) is 1. The standard InChI is InChI=1S/C42H56O8Si/c1-42(2,3)51(6,7)50-39(31-46-27-32-17-11-8-12-18-32)41(49-29-34-21-15-10-16-22-34)40(48-28-33-19-13-9-14-20-33)38(26-43)47-30-35-23-24-36(44-4)37(25-35)45-5/h8-25,38-41,43H,26-31H2,1-7H3/t38-,39+,40+,41+/m0/s1. The molecule has 0 aliphatic heterocycles. The van der Waals surface area contributed by atoms with Gasteiger partial charge >= 0.3 is 0 Å². The van der Waals surface area contributed by atoms with Crippen molar-refractivity contribution in [1.29, 1.82) is 0 Å². The second-order valence-corrected chi connectivity index (χ2v) is 18.9. The van der Waals surface area contributed by atoms with Crippen LogP contribution in [0.4, 0.5) is 0 Å². The molecule has 0 saturated carbocycles. The molecule has 0 aromatic heterocycles. The van der Waals surface area contributed by atoms with Crippen LogP contribution in [0.3, 0.4) is 0 Å². The highest BCUT2D eigenvalue weighted by atomic mass is 28.4. The molecule has 4 aromatic carbocycles. The number of hydrogen-bond acceptors (Lipinski definition) is 8. The van der Waals surface area contributed by atoms with Crippen molar-refractivity contribution in [2.24, 2.45) is 0 Å². The largest absolute Gasteiger partial charge is 0.493 e. The Morgan fingerprint density at radius 3 is 1.51 bits per heavy atom. The summed E-state index contributed by atoms with van der Waals surface area (Å²) in [6, 6.07) is 35.7. The molecule has 0 radical (unpaired) electrons. The maximum absolute atomic E-state index is 11.0. The number of methoxy groups -OCH3 is 2. The second-order valence-electron chi connectivity index (χ2n) is 14.2. The molecule has 0 aliphatic rings. The molecular weight excluding hydrogens is 661 g/mol. The van der Waals surface area contributed by atoms with Crippen molar-refractivity contribution >= 4 is 8.32 Å². The first-order chi connectivity index (χ1) is 24.5. The topological polar surface area (TPSA) is 84.8 Å². The Morgan fingerprint density at radius 2 is 1.04 bits per heavy atom. The van der Waals surface area contributed by atoms with Crippen LogP contribution in [0.5, 0.6) is 11.5 Å². The van der Waals surface area contributed by atoms with Gasteiger partial charge in [0.2, 0.25) is 0 Å². The Bertz CT molecular complexity index is 1550. The SMILES string of the molecule is COc1ccc(CO[C@@H](CO)[C@@H](OCc2ccccc2)[C@H](OCc2ccccc2)[C@@H](COCc2ccccc2)O[Si](C)(C)C(C)(C)C)cc1OC. The van der Waals surface area contributed by atoms with Crippen LogP contribution in [0, 0.1) is 0 Å². The molecule has 0 heterocycles. The molecule has 4 rings (SSSR count). The fourth-order valence-corrected chi connectivity index (χ4v) is 6.72. The summed E-state index contributed by atoms with van der Waals surface area (Å²) in [6.07, 6.45) is -2.74. The van der Waals surface area contributed by atoms with Crippen molar-refractivity contribution in [3.63, 3.8) is 0 Å². The van der Waals surface area contributed by atoms with Gasteiger partial charge < -0.3 is 38.0 Å². The van der Waals surface area contributed by atoms with E-state index in [2.05, 4.69) is 33.9 Å². The molecule has 0 bridgehead atoms. The molecule has 0 amide bonds. The van der Waals surface area contributed by atoms with Gasteiger partial charge in [-0.2, -0.15) is 0 Å². The minimum absolute atomic E-state index is 0.0879. The molecule has 0 spiro atoms. The molecule has 0 fully saturated rings. The van der Waals surface area contributed by atoms with Gasteiger partial charge in [-0.25, -0.2) is 0 Å². The highest BCUT2D eigenvalue weighted by Gasteiger charge is 2.45. The van der Waals surface area contributed by atoms with Crippen molar-refractivity contribution in [3.05, 3.63) is 131 Å². The molecule has 9 heteroatoms. The third-order valence-corrected chi connectivity index (χ3v) is 13.9. The Balaban J connectivity index is 1.72. The van der Waals surface area contributed by atoms with E-state index in [9.17, 15) is 5.11 Å². The number of rotatable bonds is 21. The third kappa shape index (κ3) is 12.3. The van der Waals surface area contributed by atoms with Gasteiger partial charge in [0.1, 0.15) is 18.3 Å². The predicted molar refractivity (Wildman–Crippen MR) is 203 cm³/mol. The maximum Gasteiger partial charge on any atom is 0.192 e. The van der Waals surface area contributed by atoms with Gasteiger partial charge in [-0.3, -0.25) is 0 Å². The van der Waals surface area contributed by atoms with E-state index in [1.54, 1.807) is 14.2 Å². The summed E-state index contributed by atoms with van der Waals surface area (Å²) >= 11 is 0. The first-order valence-corrected chi connectivity index (χ1v) is 20.5. The summed E-state index contributed by atoms with van der Waals surface area (Å²) in [6.45, 7) is 12.2. The summed E-state index contributed by atoms with van der Waals surface area (Å²) < 4.78 is 44.7. The van der Waals surface area contributed by atoms with Crippen LogP contribution in [-0.2, 0) is 49.8 Å². The van der Waals surface area contributed by atoms with Crippen LogP contribution < -0.4 is 9.47 Å². The zero-order valence-electron chi connectivity index (χ0n) is 31.2. The predicted octanol–water partition coefficient (Wildman–Crippen LogP) is 8.36. The summed E-state index contributed by atoms with van der Waals surface area (Å²) in [5.41, 5.74) is 3.92. The molecule has 0 unspecified atom stereocenters. The lowest BCUT2D eigenvalue weighted by atomic mass is 10.0. The highest BCUT2D eigenvalue weighted by molar-refractivity contribution is 6.74. The first kappa shape index (κ1) is 40.2. The van der Waals surface area contributed by atoms with Gasteiger partial charge in [-0.1, -0.05) is 118 Å². The third-order valence-electron chi connectivity index (χ3n) is 9.37. The number of aliphatic hydroxyl groups excluding tert-OH is 1. The van der Waals surface area contributed by atoms with E-state index in [-0.39, 0.29) is 31.5 Å². The maximum atomic E-state index is 11.0. The van der Waals surface area contributed by atoms with Crippen LogP contribution in [0.1, 0.15) is 43.0 Å². The number of benzene rings is 4. The first-order valence-electron chi connectivity index (χ1n) is 17.6. The van der Waals surface area contributed by atoms with E-state index in [4.69, 9.17) is 32.8 Å². The van der Waals surface area contributed by atoms with E-state index in [1.807, 2.05) is 109 Å². The zero-order valence-corrected chi connectivity index (χ0v) is 32.2. The zero-order chi connectivity index (χ0) is 36.7. The number of aliphatic hydroxyl groups is 1. The normalized spacial score (nSPS) is 14.4. The molecule has 8 nitrogen and oxygen atoms in total. The quantitative estimate of drug-likeness (QED) is 0.0862. The van der Waals surface area contributed by atoms with Crippen molar-refractivity contribution in [3.8, 4) is 11.5 Å². The lowest BCUT2D eigenvalue weighted by Crippen LogP contribution is -2.56. The van der Waals surface area contributed by atoms with Gasteiger partial charge in [0.25, 0.3) is 0 Å². The molecule has 51 heavy (non-hydrogen) atoms. The average Bonchev–Trinajstić information content (AvgIpc) is 3.14. The lowest BCUT2D eigenvalue weighted by molar-refractivity contribution is -0.191. The number of ether oxygens (including phenoxy) is 6. The van der Waals surface area contributed by atoms with Gasteiger partial charge in [-0.05, 0) is 52.5 Å². The Morgan fingerprint density at radius 1 is 0.569 bits per heavy atom. The summed E-state index contributed by atoms with van der Waals surface area (Å²) in [5.74, 6) is 1.22. The fraction of sp³-hybridized carbons (Fsp3) is 0.429. The molecule has 276 valence electrons. The summed E-state index contributed by atoms with van der Waals surface area (Å²) in [4.78, 5) is 0. The van der Waals surface area contributed by atoms with Crippen molar-refractivity contribution in [2.75, 3.05) is 27.4 Å². The van der Waals surface area contributed by atoms with E-state index in [0.29, 0.717) is 24.7 Å². The molecular formula is C42H56O8Si. The minimum atomic E-state index is -2.38. The Kier molecular flexibility index (Phi) is 15.7. The van der Waals surface area contributed by atoms with Crippen LogP contribution in [0.25, 0.3) is 0 Å². The molecule has 1 N–H and O–H groups in total. The monoisotopic (exact) mass is 716 g/mol. The summed E-state index contributed by atoms with van der Waals surface area (Å²) in [7, 11) is 0.822. The lowest BCUT2D eigenvalue weighted by Gasteiger charge is -2.43. The van der Waals surface area contributed by atoms with Gasteiger partial charge in [0.15, 0.2) is 19.8 Å². The fourth-order valence-electron chi connectivity index (χ4n) is 5.40. The van der Waals surface area contributed by atoms with E-state index in [1.165, 1.54) is 0 Å². The van der Waals surface area contributed by atoms with Crippen molar-refractivity contribution < 1.29 is 38.0 Å². The molecule has 0 saturated heterocycles. The van der Waals surface area contributed by atoms with Crippen LogP contribution in [-0.4, -0.2) is 65.3 Å². The van der Waals surface area contributed by atoms with Crippen LogP contribution in [0.15, 0.2) is 109 Å². The molecule has 4 aromatic rings. The Labute approximate surface area is 305 Å². The Hall–Kier alpha value is -3.54. The van der Waals surface area contributed by atoms with E-state index in [0.717, 1.165) is 22.3 Å². The van der Waals surface area contributed by atoms with Gasteiger partial charge in [-0.15, -0.1) is 0 Å². The van der Waals surface area contributed by atoms with Gasteiger partial charge in [0.05, 0.1) is 60.0 Å². The second kappa shape index (κ2) is 19.9. The van der Waals surface area contributed by atoms with Crippen molar-refractivity contribution in [2.45, 2.75) is 89.7 Å². The van der Waals surface area contributed by atoms with Crippen LogP contribution in [0.2, 0.25) is 18.1 Å². The van der Waals surface area contributed by atoms with Gasteiger partial charge in [0, 0.05) is 0 Å². The molecule has 0 aliphatic carbocycles. The van der Waals surface area contributed by atoms with Crippen LogP contribution >= 0.6 is 0 Å². The summed E-state index contributed by atoms with van der Waals surface area (Å²) in [5, 5.41) is 10.9. The highest BCUT2D eigenvalue weighted by Crippen LogP contribution is 2.39. The van der Waals surface area contributed by atoms with E-state index >= 15 is 0 Å². The van der Waals surface area contributed by atoms with Crippen molar-refractivity contribution in [1.82, 2.24) is 0 Å². The van der Waals surface area contributed by atoms with E-state index < -0.39 is 32.7 Å². The molecule has 4 atom stereocenters. The average molecular weight is 717 g/mol.